The van der Waals surface area contributed by atoms with E-state index in [0.717, 1.165) is 17.2 Å². The summed E-state index contributed by atoms with van der Waals surface area (Å²) in [6.45, 7) is 5.31. The summed E-state index contributed by atoms with van der Waals surface area (Å²) in [6, 6.07) is 1.61. The molecule has 0 fully saturated rings. The monoisotopic (exact) mass is 308 g/mol. The van der Waals surface area contributed by atoms with Gasteiger partial charge in [-0.25, -0.2) is 13.1 Å². The molecule has 18 heavy (non-hydrogen) atoms. The highest BCUT2D eigenvalue weighted by atomic mass is 32.2. The summed E-state index contributed by atoms with van der Waals surface area (Å²) in [6.07, 6.45) is 1.96. The molecule has 1 aromatic rings. The molecular weight excluding hydrogens is 288 g/mol. The molecule has 1 heterocycles. The summed E-state index contributed by atoms with van der Waals surface area (Å²) in [5, 5.41) is 4.98. The fraction of sp³-hybridized carbons (Fsp3) is 0.636. The van der Waals surface area contributed by atoms with Gasteiger partial charge in [-0.05, 0) is 31.2 Å². The van der Waals surface area contributed by atoms with Gasteiger partial charge >= 0.3 is 0 Å². The van der Waals surface area contributed by atoms with E-state index in [1.165, 1.54) is 11.3 Å². The average Bonchev–Trinajstić information content (AvgIpc) is 2.74. The minimum atomic E-state index is -3.39. The molecule has 1 unspecified atom stereocenters. The molecule has 0 bridgehead atoms. The second-order valence-electron chi connectivity index (χ2n) is 3.97. The first kappa shape index (κ1) is 16.0. The van der Waals surface area contributed by atoms with Gasteiger partial charge in [-0.3, -0.25) is 0 Å². The minimum absolute atomic E-state index is 0.0584. The lowest BCUT2D eigenvalue weighted by Gasteiger charge is -2.13. The highest BCUT2D eigenvalue weighted by molar-refractivity contribution is 7.98. The molecule has 1 atom stereocenters. The van der Waals surface area contributed by atoms with E-state index >= 15 is 0 Å². The molecule has 0 aliphatic rings. The molecule has 1 aromatic heterocycles. The third-order valence-electron chi connectivity index (χ3n) is 2.30. The van der Waals surface area contributed by atoms with Gasteiger partial charge in [0.25, 0.3) is 0 Å². The smallest absolute Gasteiger partial charge is 0.241 e. The lowest BCUT2D eigenvalue weighted by atomic mass is 10.4. The van der Waals surface area contributed by atoms with Gasteiger partial charge < -0.3 is 5.32 Å². The zero-order valence-corrected chi connectivity index (χ0v) is 13.3. The first-order valence-electron chi connectivity index (χ1n) is 5.79. The number of thiophene rings is 1. The van der Waals surface area contributed by atoms with Crippen molar-refractivity contribution in [2.75, 3.05) is 18.6 Å². The SMILES string of the molecule is CCNCc1sccc1S(=O)(=O)NC(C)CSC. The van der Waals surface area contributed by atoms with Gasteiger partial charge in [0.2, 0.25) is 10.0 Å². The lowest BCUT2D eigenvalue weighted by molar-refractivity contribution is 0.569. The highest BCUT2D eigenvalue weighted by Gasteiger charge is 2.21. The highest BCUT2D eigenvalue weighted by Crippen LogP contribution is 2.22. The van der Waals surface area contributed by atoms with Crippen LogP contribution in [0.15, 0.2) is 16.3 Å². The van der Waals surface area contributed by atoms with Crippen LogP contribution in [-0.2, 0) is 16.6 Å². The Balaban J connectivity index is 2.81. The van der Waals surface area contributed by atoms with Gasteiger partial charge in [0.1, 0.15) is 0 Å². The molecule has 0 spiro atoms. The van der Waals surface area contributed by atoms with Crippen LogP contribution in [0.5, 0.6) is 0 Å². The van der Waals surface area contributed by atoms with Crippen molar-refractivity contribution in [1.82, 2.24) is 10.0 Å². The topological polar surface area (TPSA) is 58.2 Å². The predicted molar refractivity (Wildman–Crippen MR) is 79.9 cm³/mol. The molecule has 0 aliphatic heterocycles. The van der Waals surface area contributed by atoms with Crippen molar-refractivity contribution in [1.29, 1.82) is 0 Å². The van der Waals surface area contributed by atoms with E-state index in [1.54, 1.807) is 17.8 Å². The summed E-state index contributed by atoms with van der Waals surface area (Å²) in [5.41, 5.74) is 0. The lowest BCUT2D eigenvalue weighted by Crippen LogP contribution is -2.34. The van der Waals surface area contributed by atoms with E-state index in [2.05, 4.69) is 10.0 Å². The Labute approximate surface area is 118 Å². The molecule has 0 aliphatic carbocycles. The molecule has 2 N–H and O–H groups in total. The molecule has 0 saturated heterocycles. The summed E-state index contributed by atoms with van der Waals surface area (Å²) in [4.78, 5) is 1.27. The van der Waals surface area contributed by atoms with Gasteiger partial charge in [0, 0.05) is 23.2 Å². The number of nitrogens with one attached hydrogen (secondary N) is 2. The first-order valence-corrected chi connectivity index (χ1v) is 9.55. The third kappa shape index (κ3) is 4.55. The summed E-state index contributed by atoms with van der Waals surface area (Å²) in [5.74, 6) is 0.770. The van der Waals surface area contributed by atoms with Crippen molar-refractivity contribution in [2.24, 2.45) is 0 Å². The first-order chi connectivity index (χ1) is 8.51. The minimum Gasteiger partial charge on any atom is -0.312 e. The Morgan fingerprint density at radius 2 is 2.22 bits per heavy atom. The van der Waals surface area contributed by atoms with E-state index in [1.807, 2.05) is 25.5 Å². The molecule has 0 saturated carbocycles. The number of hydrogen-bond donors (Lipinski definition) is 2. The Kier molecular flexibility index (Phi) is 6.65. The summed E-state index contributed by atoms with van der Waals surface area (Å²) >= 11 is 3.10. The van der Waals surface area contributed by atoms with Crippen molar-refractivity contribution in [3.8, 4) is 0 Å². The Hall–Kier alpha value is -0.0800. The summed E-state index contributed by atoms with van der Waals surface area (Å²) in [7, 11) is -3.39. The normalized spacial score (nSPS) is 13.7. The molecule has 1 rings (SSSR count). The van der Waals surface area contributed by atoms with E-state index in [-0.39, 0.29) is 6.04 Å². The molecule has 4 nitrogen and oxygen atoms in total. The maximum Gasteiger partial charge on any atom is 0.241 e. The van der Waals surface area contributed by atoms with Crippen LogP contribution in [0.25, 0.3) is 0 Å². The summed E-state index contributed by atoms with van der Waals surface area (Å²) < 4.78 is 27.1. The largest absolute Gasteiger partial charge is 0.312 e. The van der Waals surface area contributed by atoms with Crippen LogP contribution < -0.4 is 10.0 Å². The Morgan fingerprint density at radius 1 is 1.50 bits per heavy atom. The van der Waals surface area contributed by atoms with Gasteiger partial charge in [-0.15, -0.1) is 11.3 Å². The number of sulfonamides is 1. The van der Waals surface area contributed by atoms with Crippen molar-refractivity contribution < 1.29 is 8.42 Å². The van der Waals surface area contributed by atoms with Crippen LogP contribution in [0.2, 0.25) is 0 Å². The molecule has 0 amide bonds. The van der Waals surface area contributed by atoms with Gasteiger partial charge in [0.05, 0.1) is 4.90 Å². The van der Waals surface area contributed by atoms with E-state index in [4.69, 9.17) is 0 Å². The van der Waals surface area contributed by atoms with Gasteiger partial charge in [-0.2, -0.15) is 11.8 Å². The van der Waals surface area contributed by atoms with E-state index in [9.17, 15) is 8.42 Å². The zero-order chi connectivity index (χ0) is 13.6. The fourth-order valence-electron chi connectivity index (χ4n) is 1.55. The van der Waals surface area contributed by atoms with Crippen molar-refractivity contribution in [3.05, 3.63) is 16.3 Å². The Bertz CT molecular complexity index is 457. The van der Waals surface area contributed by atoms with Crippen LogP contribution in [0.3, 0.4) is 0 Å². The number of hydrogen-bond acceptors (Lipinski definition) is 5. The number of rotatable bonds is 8. The molecule has 0 aromatic carbocycles. The van der Waals surface area contributed by atoms with Crippen LogP contribution in [0, 0.1) is 0 Å². The van der Waals surface area contributed by atoms with Crippen molar-refractivity contribution >= 4 is 33.1 Å². The molecule has 7 heteroatoms. The third-order valence-corrected chi connectivity index (χ3v) is 5.86. The quantitative estimate of drug-likeness (QED) is 0.770. The van der Waals surface area contributed by atoms with Gasteiger partial charge in [0.15, 0.2) is 0 Å². The van der Waals surface area contributed by atoms with Crippen molar-refractivity contribution in [2.45, 2.75) is 31.3 Å². The average molecular weight is 308 g/mol. The van der Waals surface area contributed by atoms with Crippen LogP contribution in [0.1, 0.15) is 18.7 Å². The standard InChI is InChI=1S/C11H20N2O2S3/c1-4-12-7-10-11(5-6-17-10)18(14,15)13-9(2)8-16-3/h5-6,9,12-13H,4,7-8H2,1-3H3. The molecule has 104 valence electrons. The van der Waals surface area contributed by atoms with E-state index in [0.29, 0.717) is 11.4 Å². The zero-order valence-electron chi connectivity index (χ0n) is 10.9. The fourth-order valence-corrected chi connectivity index (χ4v) is 4.89. The Morgan fingerprint density at radius 3 is 2.83 bits per heavy atom. The molecule has 0 radical (unpaired) electrons. The maximum atomic E-state index is 12.2. The van der Waals surface area contributed by atoms with Gasteiger partial charge in [-0.1, -0.05) is 6.92 Å². The van der Waals surface area contributed by atoms with Crippen LogP contribution in [-0.4, -0.2) is 33.0 Å². The van der Waals surface area contributed by atoms with E-state index < -0.39 is 10.0 Å². The van der Waals surface area contributed by atoms with Crippen LogP contribution >= 0.6 is 23.1 Å². The second kappa shape index (κ2) is 7.49. The van der Waals surface area contributed by atoms with Crippen LogP contribution in [0.4, 0.5) is 0 Å². The predicted octanol–water partition coefficient (Wildman–Crippen LogP) is 1.89. The van der Waals surface area contributed by atoms with Crippen molar-refractivity contribution in [3.63, 3.8) is 0 Å². The maximum absolute atomic E-state index is 12.2. The number of thioether (sulfide) groups is 1. The second-order valence-corrected chi connectivity index (χ2v) is 7.56. The molecular formula is C11H20N2O2S3.